The summed E-state index contributed by atoms with van der Waals surface area (Å²) in [5, 5.41) is 11.0. The smallest absolute Gasteiger partial charge is 0.226 e. The molecule has 2 aromatic rings. The van der Waals surface area contributed by atoms with Crippen LogP contribution in [-0.2, 0) is 0 Å². The van der Waals surface area contributed by atoms with Gasteiger partial charge in [0.05, 0.1) is 11.6 Å². The van der Waals surface area contributed by atoms with Crippen molar-refractivity contribution in [3.05, 3.63) is 6.20 Å². The Kier molecular flexibility index (Phi) is 3.92. The molecule has 3 rings (SSSR count). The predicted molar refractivity (Wildman–Crippen MR) is 84.7 cm³/mol. The van der Waals surface area contributed by atoms with Gasteiger partial charge in [-0.25, -0.2) is 0 Å². The highest BCUT2D eigenvalue weighted by atomic mass is 15.2. The highest BCUT2D eigenvalue weighted by Gasteiger charge is 2.20. The summed E-state index contributed by atoms with van der Waals surface area (Å²) in [7, 11) is 6.13. The molecule has 0 saturated carbocycles. The van der Waals surface area contributed by atoms with Gasteiger partial charge in [0, 0.05) is 20.6 Å². The summed E-state index contributed by atoms with van der Waals surface area (Å²) in [4.78, 5) is 13.6. The monoisotopic (exact) mass is 289 g/mol. The van der Waals surface area contributed by atoms with Crippen LogP contribution in [0.15, 0.2) is 6.20 Å². The van der Waals surface area contributed by atoms with E-state index in [0.29, 0.717) is 5.95 Å². The Morgan fingerprint density at radius 2 is 2.14 bits per heavy atom. The van der Waals surface area contributed by atoms with E-state index in [4.69, 9.17) is 0 Å². The second-order valence-corrected chi connectivity index (χ2v) is 5.88. The number of hydrogen-bond donors (Lipinski definition) is 2. The molecule has 0 bridgehead atoms. The third-order valence-electron chi connectivity index (χ3n) is 4.25. The molecule has 1 saturated heterocycles. The topological polar surface area (TPSA) is 73.0 Å². The predicted octanol–water partition coefficient (Wildman–Crippen LogP) is 1.17. The average molecular weight is 289 g/mol. The normalized spacial score (nSPS) is 17.3. The van der Waals surface area contributed by atoms with Crippen LogP contribution < -0.4 is 10.2 Å². The lowest BCUT2D eigenvalue weighted by Crippen LogP contribution is -2.36. The zero-order valence-corrected chi connectivity index (χ0v) is 12.9. The van der Waals surface area contributed by atoms with Crippen LogP contribution in [0.4, 0.5) is 11.8 Å². The molecule has 7 heteroatoms. The first kappa shape index (κ1) is 14.1. The maximum atomic E-state index is 4.61. The summed E-state index contributed by atoms with van der Waals surface area (Å²) in [5.41, 5.74) is 0.777. The van der Waals surface area contributed by atoms with Gasteiger partial charge in [0.2, 0.25) is 5.95 Å². The lowest BCUT2D eigenvalue weighted by Gasteiger charge is -2.32. The maximum absolute atomic E-state index is 4.61. The van der Waals surface area contributed by atoms with Crippen molar-refractivity contribution < 1.29 is 0 Å². The third-order valence-corrected chi connectivity index (χ3v) is 4.25. The van der Waals surface area contributed by atoms with Crippen LogP contribution >= 0.6 is 0 Å². The van der Waals surface area contributed by atoms with Crippen molar-refractivity contribution in [3.63, 3.8) is 0 Å². The SMILES string of the molecule is CNc1nc(N(C)CC2CCN(C)CC2)c2cn[nH]c2n1. The van der Waals surface area contributed by atoms with Gasteiger partial charge in [-0.15, -0.1) is 0 Å². The van der Waals surface area contributed by atoms with E-state index in [0.717, 1.165) is 29.3 Å². The Balaban J connectivity index is 1.80. The molecule has 2 aromatic heterocycles. The van der Waals surface area contributed by atoms with Gasteiger partial charge in [0.1, 0.15) is 5.82 Å². The number of anilines is 2. The van der Waals surface area contributed by atoms with Crippen LogP contribution in [0.25, 0.3) is 11.0 Å². The summed E-state index contributed by atoms with van der Waals surface area (Å²) < 4.78 is 0. The highest BCUT2D eigenvalue weighted by Crippen LogP contribution is 2.25. The zero-order chi connectivity index (χ0) is 14.8. The lowest BCUT2D eigenvalue weighted by molar-refractivity contribution is 0.222. The van der Waals surface area contributed by atoms with Crippen molar-refractivity contribution in [3.8, 4) is 0 Å². The van der Waals surface area contributed by atoms with Gasteiger partial charge in [-0.05, 0) is 38.9 Å². The summed E-state index contributed by atoms with van der Waals surface area (Å²) in [6.45, 7) is 3.39. The number of rotatable bonds is 4. The fourth-order valence-electron chi connectivity index (χ4n) is 2.94. The van der Waals surface area contributed by atoms with Crippen molar-refractivity contribution in [1.82, 2.24) is 25.1 Å². The quantitative estimate of drug-likeness (QED) is 0.880. The minimum atomic E-state index is 0.622. The van der Waals surface area contributed by atoms with Crippen molar-refractivity contribution in [2.45, 2.75) is 12.8 Å². The van der Waals surface area contributed by atoms with Gasteiger partial charge >= 0.3 is 0 Å². The standard InChI is InChI=1S/C14H23N7/c1-15-14-17-12-11(8-16-19-12)13(18-14)21(3)9-10-4-6-20(2)7-5-10/h8,10H,4-7,9H2,1-3H3,(H2,15,16,17,18,19). The number of aromatic nitrogens is 4. The van der Waals surface area contributed by atoms with E-state index in [9.17, 15) is 0 Å². The van der Waals surface area contributed by atoms with Gasteiger partial charge in [0.15, 0.2) is 5.65 Å². The second kappa shape index (κ2) is 5.85. The third kappa shape index (κ3) is 2.92. The minimum Gasteiger partial charge on any atom is -0.359 e. The van der Waals surface area contributed by atoms with Crippen molar-refractivity contribution in [2.24, 2.45) is 5.92 Å². The molecule has 1 fully saturated rings. The Morgan fingerprint density at radius 1 is 1.38 bits per heavy atom. The summed E-state index contributed by atoms with van der Waals surface area (Å²) in [6.07, 6.45) is 4.30. The largest absolute Gasteiger partial charge is 0.359 e. The van der Waals surface area contributed by atoms with E-state index < -0.39 is 0 Å². The Bertz CT molecular complexity index is 600. The van der Waals surface area contributed by atoms with Crippen LogP contribution in [0.1, 0.15) is 12.8 Å². The second-order valence-electron chi connectivity index (χ2n) is 5.88. The number of likely N-dealkylation sites (tertiary alicyclic amines) is 1. The first-order chi connectivity index (χ1) is 10.2. The van der Waals surface area contributed by atoms with Gasteiger partial charge in [0.25, 0.3) is 0 Å². The molecule has 0 amide bonds. The molecular formula is C14H23N7. The molecule has 7 nitrogen and oxygen atoms in total. The van der Waals surface area contributed by atoms with E-state index in [1.54, 1.807) is 6.20 Å². The number of H-pyrrole nitrogens is 1. The van der Waals surface area contributed by atoms with Crippen molar-refractivity contribution >= 4 is 22.8 Å². The molecule has 0 unspecified atom stereocenters. The van der Waals surface area contributed by atoms with Crippen LogP contribution in [0, 0.1) is 5.92 Å². The minimum absolute atomic E-state index is 0.622. The molecule has 3 heterocycles. The fourth-order valence-corrected chi connectivity index (χ4v) is 2.94. The van der Waals surface area contributed by atoms with E-state index in [1.807, 2.05) is 7.05 Å². The number of aromatic amines is 1. The van der Waals surface area contributed by atoms with Crippen molar-refractivity contribution in [2.75, 3.05) is 51.0 Å². The molecule has 114 valence electrons. The molecule has 0 radical (unpaired) electrons. The zero-order valence-electron chi connectivity index (χ0n) is 12.9. The Morgan fingerprint density at radius 3 is 2.86 bits per heavy atom. The average Bonchev–Trinajstić information content (AvgIpc) is 2.96. The maximum Gasteiger partial charge on any atom is 0.226 e. The van der Waals surface area contributed by atoms with Gasteiger partial charge in [-0.1, -0.05) is 0 Å². The van der Waals surface area contributed by atoms with Gasteiger partial charge in [-0.3, -0.25) is 5.10 Å². The number of hydrogen-bond acceptors (Lipinski definition) is 6. The van der Waals surface area contributed by atoms with Gasteiger partial charge < -0.3 is 15.1 Å². The van der Waals surface area contributed by atoms with Gasteiger partial charge in [-0.2, -0.15) is 15.1 Å². The number of fused-ring (bicyclic) bond motifs is 1. The molecule has 0 aliphatic carbocycles. The fraction of sp³-hybridized carbons (Fsp3) is 0.643. The van der Waals surface area contributed by atoms with E-state index in [2.05, 4.69) is 49.4 Å². The number of nitrogens with zero attached hydrogens (tertiary/aromatic N) is 5. The van der Waals surface area contributed by atoms with Crippen LogP contribution in [0.3, 0.4) is 0 Å². The van der Waals surface area contributed by atoms with Crippen LogP contribution in [-0.4, -0.2) is 65.8 Å². The van der Waals surface area contributed by atoms with Crippen LogP contribution in [0.2, 0.25) is 0 Å². The lowest BCUT2D eigenvalue weighted by atomic mass is 9.96. The van der Waals surface area contributed by atoms with Crippen LogP contribution in [0.5, 0.6) is 0 Å². The first-order valence-electron chi connectivity index (χ1n) is 7.46. The highest BCUT2D eigenvalue weighted by molar-refractivity contribution is 5.87. The summed E-state index contributed by atoms with van der Waals surface area (Å²) >= 11 is 0. The molecule has 1 aliphatic rings. The Labute approximate surface area is 124 Å². The first-order valence-corrected chi connectivity index (χ1v) is 7.46. The number of piperidine rings is 1. The van der Waals surface area contributed by atoms with E-state index in [1.165, 1.54) is 25.9 Å². The molecule has 0 aromatic carbocycles. The molecule has 0 spiro atoms. The Hall–Kier alpha value is -1.89. The molecule has 21 heavy (non-hydrogen) atoms. The molecule has 1 aliphatic heterocycles. The summed E-state index contributed by atoms with van der Waals surface area (Å²) in [5.74, 6) is 2.29. The molecular weight excluding hydrogens is 266 g/mol. The van der Waals surface area contributed by atoms with E-state index in [-0.39, 0.29) is 0 Å². The molecule has 2 N–H and O–H groups in total. The summed E-state index contributed by atoms with van der Waals surface area (Å²) in [6, 6.07) is 0. The molecule has 0 atom stereocenters. The number of nitrogens with one attached hydrogen (secondary N) is 2. The van der Waals surface area contributed by atoms with E-state index >= 15 is 0 Å². The van der Waals surface area contributed by atoms with Crippen molar-refractivity contribution in [1.29, 1.82) is 0 Å².